The van der Waals surface area contributed by atoms with Gasteiger partial charge in [0, 0.05) is 18.0 Å². The van der Waals surface area contributed by atoms with Crippen LogP contribution in [0.25, 0.3) is 0 Å². The van der Waals surface area contributed by atoms with Gasteiger partial charge in [0.15, 0.2) is 5.78 Å². The van der Waals surface area contributed by atoms with Crippen LogP contribution in [0.1, 0.15) is 47.6 Å². The summed E-state index contributed by atoms with van der Waals surface area (Å²) < 4.78 is 65.8. The van der Waals surface area contributed by atoms with E-state index in [1.807, 2.05) is 0 Å². The van der Waals surface area contributed by atoms with E-state index in [1.54, 1.807) is 6.07 Å². The second-order valence-corrected chi connectivity index (χ2v) is 7.97. The number of halogens is 5. The van der Waals surface area contributed by atoms with Gasteiger partial charge in [-0.25, -0.2) is 0 Å². The molecule has 0 aromatic heterocycles. The first-order valence-electron chi connectivity index (χ1n) is 9.91. The number of likely N-dealkylation sites (tertiary alicyclic amines) is 1. The van der Waals surface area contributed by atoms with Crippen molar-refractivity contribution >= 4 is 11.8 Å². The predicted octanol–water partition coefficient (Wildman–Crippen LogP) is 2.77. The normalized spacial score (nSPS) is 27.9. The van der Waals surface area contributed by atoms with E-state index in [0.717, 1.165) is 4.90 Å². The first-order valence-corrected chi connectivity index (χ1v) is 9.91. The zero-order chi connectivity index (χ0) is 23.0. The van der Waals surface area contributed by atoms with Crippen molar-refractivity contribution in [3.8, 4) is 0 Å². The van der Waals surface area contributed by atoms with Crippen LogP contribution in [-0.2, 0) is 4.79 Å². The third kappa shape index (κ3) is 4.88. The molecule has 3 N–H and O–H groups in total. The number of carbonyl (C=O) groups is 2. The molecule has 4 unspecified atom stereocenters. The Morgan fingerprint density at radius 1 is 1.13 bits per heavy atom. The van der Waals surface area contributed by atoms with Gasteiger partial charge in [-0.1, -0.05) is 30.7 Å². The molecule has 172 valence electrons. The van der Waals surface area contributed by atoms with Crippen molar-refractivity contribution in [1.82, 2.24) is 10.2 Å². The molecule has 1 aromatic rings. The molecule has 11 heteroatoms. The molecule has 2 fully saturated rings. The molecule has 2 aliphatic rings. The molecule has 0 saturated carbocycles. The predicted molar refractivity (Wildman–Crippen MR) is 98.9 cm³/mol. The molecule has 4 atom stereocenters. The summed E-state index contributed by atoms with van der Waals surface area (Å²) in [6.45, 7) is -1.50. The number of aliphatic hydroxyl groups is 1. The van der Waals surface area contributed by atoms with Gasteiger partial charge in [-0.05, 0) is 24.9 Å². The Balaban J connectivity index is 1.89. The lowest BCUT2D eigenvalue weighted by atomic mass is 9.88. The second kappa shape index (κ2) is 8.79. The summed E-state index contributed by atoms with van der Waals surface area (Å²) in [6.07, 6.45) is -5.80. The fourth-order valence-electron chi connectivity index (χ4n) is 4.25. The molecule has 0 spiro atoms. The number of hydrogen-bond acceptors (Lipinski definition) is 5. The first-order chi connectivity index (χ1) is 14.4. The Bertz CT molecular complexity index is 832. The zero-order valence-corrected chi connectivity index (χ0v) is 16.4. The largest absolute Gasteiger partial charge is 0.480 e. The number of aliphatic hydroxyl groups excluding tert-OH is 1. The highest BCUT2D eigenvalue weighted by atomic mass is 19.4. The van der Waals surface area contributed by atoms with E-state index in [2.05, 4.69) is 5.32 Å². The van der Waals surface area contributed by atoms with Crippen LogP contribution in [0.4, 0.5) is 22.0 Å². The van der Waals surface area contributed by atoms with Gasteiger partial charge < -0.3 is 10.2 Å². The van der Waals surface area contributed by atoms with Gasteiger partial charge in [0.05, 0.1) is 18.7 Å². The molecule has 0 aliphatic carbocycles. The van der Waals surface area contributed by atoms with Crippen molar-refractivity contribution in [1.29, 1.82) is 0 Å². The van der Waals surface area contributed by atoms with Gasteiger partial charge in [0.1, 0.15) is 6.04 Å². The average molecular weight is 450 g/mol. The van der Waals surface area contributed by atoms with E-state index in [0.29, 0.717) is 12.8 Å². The first kappa shape index (κ1) is 23.6. The van der Waals surface area contributed by atoms with Crippen molar-refractivity contribution in [3.63, 3.8) is 0 Å². The van der Waals surface area contributed by atoms with Crippen LogP contribution in [-0.4, -0.2) is 70.2 Å². The topological polar surface area (TPSA) is 89.9 Å². The maximum Gasteiger partial charge on any atom is 0.454 e. The summed E-state index contributed by atoms with van der Waals surface area (Å²) in [7, 11) is 0. The number of carboxylic acid groups (broad SMARTS) is 1. The Kier molecular flexibility index (Phi) is 6.68. The Hall–Kier alpha value is -2.11. The standard InChI is InChI=1S/C20H23F5N2O4/c21-19(22,20(23,24)25)10-27-8-4-3-7-14(27)11-5-1-2-6-12(11)17(29)16-15(28)9-13(26-16)18(30)31/h1-2,5-6,13-16,26,28H,3-4,7-10H2,(H,30,31). The molecule has 6 nitrogen and oxygen atoms in total. The highest BCUT2D eigenvalue weighted by Gasteiger charge is 2.58. The third-order valence-corrected chi connectivity index (χ3v) is 5.84. The highest BCUT2D eigenvalue weighted by molar-refractivity contribution is 6.02. The van der Waals surface area contributed by atoms with Crippen LogP contribution < -0.4 is 5.32 Å². The lowest BCUT2D eigenvalue weighted by Crippen LogP contribution is -2.49. The SMILES string of the molecule is O=C(O)C1CC(O)C(C(=O)c2ccccc2C2CCCCN2CC(F)(F)C(F)(F)F)N1. The van der Waals surface area contributed by atoms with Gasteiger partial charge in [0.2, 0.25) is 0 Å². The molecule has 0 amide bonds. The summed E-state index contributed by atoms with van der Waals surface area (Å²) in [5, 5.41) is 21.8. The van der Waals surface area contributed by atoms with E-state index in [-0.39, 0.29) is 30.5 Å². The van der Waals surface area contributed by atoms with Gasteiger partial charge in [-0.3, -0.25) is 19.8 Å². The van der Waals surface area contributed by atoms with Gasteiger partial charge in [0.25, 0.3) is 0 Å². The molecular weight excluding hydrogens is 427 g/mol. The molecule has 2 heterocycles. The summed E-state index contributed by atoms with van der Waals surface area (Å²) >= 11 is 0. The molecule has 3 rings (SSSR count). The monoisotopic (exact) mass is 450 g/mol. The molecule has 2 saturated heterocycles. The van der Waals surface area contributed by atoms with Gasteiger partial charge >= 0.3 is 18.1 Å². The second-order valence-electron chi connectivity index (χ2n) is 7.97. The number of ketones is 1. The molecule has 0 bridgehead atoms. The molecular formula is C20H23F5N2O4. The van der Waals surface area contributed by atoms with E-state index in [1.165, 1.54) is 18.2 Å². The highest BCUT2D eigenvalue weighted by Crippen LogP contribution is 2.40. The minimum atomic E-state index is -5.69. The number of carbonyl (C=O) groups excluding carboxylic acids is 1. The Morgan fingerprint density at radius 3 is 2.42 bits per heavy atom. The van der Waals surface area contributed by atoms with Crippen LogP contribution in [0.2, 0.25) is 0 Å². The maximum atomic E-state index is 13.7. The summed E-state index contributed by atoms with van der Waals surface area (Å²) in [5.74, 6) is -6.75. The van der Waals surface area contributed by atoms with Crippen LogP contribution in [0, 0.1) is 0 Å². The third-order valence-electron chi connectivity index (χ3n) is 5.84. The van der Waals surface area contributed by atoms with Crippen molar-refractivity contribution < 1.29 is 41.8 Å². The van der Waals surface area contributed by atoms with Crippen LogP contribution >= 0.6 is 0 Å². The lowest BCUT2D eigenvalue weighted by molar-refractivity contribution is -0.288. The van der Waals surface area contributed by atoms with Crippen molar-refractivity contribution in [2.45, 2.75) is 62.0 Å². The molecule has 0 radical (unpaired) electrons. The number of nitrogens with zero attached hydrogens (tertiary/aromatic N) is 1. The van der Waals surface area contributed by atoms with Gasteiger partial charge in [-0.2, -0.15) is 22.0 Å². The fraction of sp³-hybridized carbons (Fsp3) is 0.600. The quantitative estimate of drug-likeness (QED) is 0.456. The summed E-state index contributed by atoms with van der Waals surface area (Å²) in [4.78, 5) is 25.3. The van der Waals surface area contributed by atoms with E-state index in [4.69, 9.17) is 5.11 Å². The van der Waals surface area contributed by atoms with E-state index >= 15 is 0 Å². The number of Topliss-reactive ketones (excluding diaryl/α,β-unsaturated/α-hetero) is 1. The smallest absolute Gasteiger partial charge is 0.454 e. The lowest BCUT2D eigenvalue weighted by Gasteiger charge is -2.39. The number of alkyl halides is 5. The van der Waals surface area contributed by atoms with Crippen molar-refractivity contribution in [2.75, 3.05) is 13.1 Å². The van der Waals surface area contributed by atoms with Gasteiger partial charge in [-0.15, -0.1) is 0 Å². The number of carboxylic acids is 1. The number of benzene rings is 1. The number of rotatable bonds is 6. The minimum Gasteiger partial charge on any atom is -0.480 e. The number of nitrogens with one attached hydrogen (secondary N) is 1. The maximum absolute atomic E-state index is 13.7. The number of hydrogen-bond donors (Lipinski definition) is 3. The summed E-state index contributed by atoms with van der Waals surface area (Å²) in [6, 6.07) is 2.82. The van der Waals surface area contributed by atoms with Crippen LogP contribution in [0.15, 0.2) is 24.3 Å². The Morgan fingerprint density at radius 2 is 1.81 bits per heavy atom. The number of piperidine rings is 1. The molecule has 1 aromatic carbocycles. The number of aliphatic carboxylic acids is 1. The van der Waals surface area contributed by atoms with Crippen LogP contribution in [0.3, 0.4) is 0 Å². The Labute approximate surface area is 175 Å². The van der Waals surface area contributed by atoms with Crippen LogP contribution in [0.5, 0.6) is 0 Å². The van der Waals surface area contributed by atoms with E-state index < -0.39 is 54.6 Å². The van der Waals surface area contributed by atoms with Crippen molar-refractivity contribution in [2.24, 2.45) is 0 Å². The van der Waals surface area contributed by atoms with E-state index in [9.17, 15) is 36.6 Å². The zero-order valence-electron chi connectivity index (χ0n) is 16.4. The molecule has 31 heavy (non-hydrogen) atoms. The minimum absolute atomic E-state index is 0.0181. The fourth-order valence-corrected chi connectivity index (χ4v) is 4.25. The molecule has 2 aliphatic heterocycles. The average Bonchev–Trinajstić information content (AvgIpc) is 3.09. The summed E-state index contributed by atoms with van der Waals surface area (Å²) in [5.41, 5.74) is 0.357. The van der Waals surface area contributed by atoms with Crippen molar-refractivity contribution in [3.05, 3.63) is 35.4 Å².